The van der Waals surface area contributed by atoms with Gasteiger partial charge in [-0.3, -0.25) is 4.79 Å². The molecule has 0 aromatic heterocycles. The molecule has 0 saturated carbocycles. The number of carbonyl (C=O) groups is 1. The Labute approximate surface area is 119 Å². The van der Waals surface area contributed by atoms with E-state index in [4.69, 9.17) is 0 Å². The summed E-state index contributed by atoms with van der Waals surface area (Å²) in [4.78, 5) is 11.6. The average molecular weight is 234 g/mol. The van der Waals surface area contributed by atoms with E-state index in [-0.39, 0.29) is 18.9 Å². The van der Waals surface area contributed by atoms with E-state index < -0.39 is 11.4 Å². The summed E-state index contributed by atoms with van der Waals surface area (Å²) in [6.45, 7) is 1.74. The van der Waals surface area contributed by atoms with E-state index in [2.05, 4.69) is 0 Å². The van der Waals surface area contributed by atoms with E-state index in [0.717, 1.165) is 11.1 Å². The summed E-state index contributed by atoms with van der Waals surface area (Å²) in [5.74, 6) is -0.838. The second-order valence-corrected chi connectivity index (χ2v) is 4.16. The fourth-order valence-corrected chi connectivity index (χ4v) is 1.96. The van der Waals surface area contributed by atoms with Crippen LogP contribution in [0.25, 0.3) is 0 Å². The zero-order chi connectivity index (χ0) is 12.3. The zero-order valence-corrected chi connectivity index (χ0v) is 9.63. The third-order valence-electron chi connectivity index (χ3n) is 3.13. The van der Waals surface area contributed by atoms with Crippen molar-refractivity contribution in [2.24, 2.45) is 0 Å². The van der Waals surface area contributed by atoms with Gasteiger partial charge >= 0.3 is 24.8 Å². The quantitative estimate of drug-likeness (QED) is 0.828. The maximum atomic E-state index is 11.6. The first-order valence-electron chi connectivity index (χ1n) is 5.50. The van der Waals surface area contributed by atoms with Crippen LogP contribution in [0.2, 0.25) is 0 Å². The van der Waals surface area contributed by atoms with Crippen LogP contribution in [-0.2, 0) is 10.2 Å². The van der Waals surface area contributed by atoms with Crippen molar-refractivity contribution in [1.29, 1.82) is 0 Å². The molecule has 1 N–H and O–H groups in total. The van der Waals surface area contributed by atoms with Gasteiger partial charge in [0.15, 0.2) is 0 Å². The maximum absolute atomic E-state index is 11.6. The Bertz CT molecular complexity index is 469. The van der Waals surface area contributed by atoms with Gasteiger partial charge in [-0.15, -0.1) is 0 Å². The van der Waals surface area contributed by atoms with E-state index in [0.29, 0.717) is 0 Å². The van der Waals surface area contributed by atoms with E-state index in [1.807, 2.05) is 60.7 Å². The summed E-state index contributed by atoms with van der Waals surface area (Å²) >= 11 is 0. The predicted octanol–water partition coefficient (Wildman–Crippen LogP) is 2.43. The molecule has 2 aromatic rings. The van der Waals surface area contributed by atoms with Gasteiger partial charge in [-0.25, -0.2) is 0 Å². The van der Waals surface area contributed by atoms with Gasteiger partial charge in [0, 0.05) is 0 Å². The second-order valence-electron chi connectivity index (χ2n) is 4.16. The SMILES string of the molecule is CC(C(=O)O)(c1ccccc1)c1ccccc1.[LiH]. The van der Waals surface area contributed by atoms with Gasteiger partial charge in [0.05, 0.1) is 0 Å². The van der Waals surface area contributed by atoms with Gasteiger partial charge in [-0.2, -0.15) is 0 Å². The summed E-state index contributed by atoms with van der Waals surface area (Å²) in [6, 6.07) is 18.6. The molecule has 0 spiro atoms. The number of benzene rings is 2. The molecule has 3 heteroatoms. The number of aliphatic carboxylic acids is 1. The van der Waals surface area contributed by atoms with Crippen LogP contribution in [-0.4, -0.2) is 29.9 Å². The molecular formula is C15H15LiO2. The normalized spacial score (nSPS) is 10.5. The summed E-state index contributed by atoms with van der Waals surface area (Å²) in [6.07, 6.45) is 0. The minimum atomic E-state index is -0.998. The molecule has 0 aliphatic rings. The molecule has 0 saturated heterocycles. The van der Waals surface area contributed by atoms with Gasteiger partial charge in [0.25, 0.3) is 0 Å². The van der Waals surface area contributed by atoms with Gasteiger partial charge in [0.2, 0.25) is 0 Å². The van der Waals surface area contributed by atoms with Crippen LogP contribution >= 0.6 is 0 Å². The van der Waals surface area contributed by atoms with Crippen LogP contribution in [0.1, 0.15) is 18.1 Å². The van der Waals surface area contributed by atoms with Crippen molar-refractivity contribution in [2.75, 3.05) is 0 Å². The van der Waals surface area contributed by atoms with E-state index in [9.17, 15) is 9.90 Å². The Morgan fingerprint density at radius 1 is 0.889 bits per heavy atom. The van der Waals surface area contributed by atoms with Crippen LogP contribution in [0.3, 0.4) is 0 Å². The minimum absolute atomic E-state index is 0. The number of hydrogen-bond donors (Lipinski definition) is 1. The van der Waals surface area contributed by atoms with Crippen molar-refractivity contribution >= 4 is 24.8 Å². The molecule has 2 nitrogen and oxygen atoms in total. The number of carboxylic acid groups (broad SMARTS) is 1. The summed E-state index contributed by atoms with van der Waals surface area (Å²) in [5.41, 5.74) is 0.583. The number of rotatable bonds is 3. The van der Waals surface area contributed by atoms with Crippen molar-refractivity contribution < 1.29 is 9.90 Å². The monoisotopic (exact) mass is 234 g/mol. The molecule has 0 aliphatic heterocycles. The van der Waals surface area contributed by atoms with E-state index in [1.165, 1.54) is 0 Å². The van der Waals surface area contributed by atoms with Crippen LogP contribution in [0, 0.1) is 0 Å². The summed E-state index contributed by atoms with van der Waals surface area (Å²) in [5, 5.41) is 9.54. The topological polar surface area (TPSA) is 37.3 Å². The first-order valence-corrected chi connectivity index (χ1v) is 5.50. The Kier molecular flexibility index (Phi) is 4.78. The standard InChI is InChI=1S/C15H14O2.Li.H/c1-15(14(16)17,12-8-4-2-5-9-12)13-10-6-3-7-11-13;;/h2-11H,1H3,(H,16,17);;. The fraction of sp³-hybridized carbons (Fsp3) is 0.133. The molecule has 2 rings (SSSR count). The average Bonchev–Trinajstić information content (AvgIpc) is 2.39. The summed E-state index contributed by atoms with van der Waals surface area (Å²) < 4.78 is 0. The van der Waals surface area contributed by atoms with Gasteiger partial charge in [-0.05, 0) is 18.1 Å². The molecule has 0 radical (unpaired) electrons. The molecule has 0 atom stereocenters. The predicted molar refractivity (Wildman–Crippen MR) is 74.1 cm³/mol. The van der Waals surface area contributed by atoms with Crippen molar-refractivity contribution in [3.05, 3.63) is 71.8 Å². The zero-order valence-electron chi connectivity index (χ0n) is 9.63. The summed E-state index contributed by atoms with van der Waals surface area (Å²) in [7, 11) is 0. The molecular weight excluding hydrogens is 219 g/mol. The first kappa shape index (κ1) is 14.6. The number of carboxylic acids is 1. The third kappa shape index (κ3) is 2.50. The Morgan fingerprint density at radius 3 is 1.50 bits per heavy atom. The van der Waals surface area contributed by atoms with Gasteiger partial charge in [0.1, 0.15) is 5.41 Å². The van der Waals surface area contributed by atoms with Crippen molar-refractivity contribution in [2.45, 2.75) is 12.3 Å². The molecule has 0 bridgehead atoms. The van der Waals surface area contributed by atoms with E-state index in [1.54, 1.807) is 6.92 Å². The molecule has 0 heterocycles. The first-order chi connectivity index (χ1) is 8.15. The Balaban J connectivity index is 0.00000162. The van der Waals surface area contributed by atoms with Crippen LogP contribution in [0.15, 0.2) is 60.7 Å². The second kappa shape index (κ2) is 5.91. The molecule has 0 aliphatic carbocycles. The van der Waals surface area contributed by atoms with Crippen LogP contribution in [0.5, 0.6) is 0 Å². The van der Waals surface area contributed by atoms with Gasteiger partial charge < -0.3 is 5.11 Å². The number of hydrogen-bond acceptors (Lipinski definition) is 1. The van der Waals surface area contributed by atoms with Crippen molar-refractivity contribution in [3.63, 3.8) is 0 Å². The fourth-order valence-electron chi connectivity index (χ4n) is 1.96. The molecule has 0 fully saturated rings. The van der Waals surface area contributed by atoms with Gasteiger partial charge in [-0.1, -0.05) is 60.7 Å². The Morgan fingerprint density at radius 2 is 1.22 bits per heavy atom. The van der Waals surface area contributed by atoms with Crippen LogP contribution < -0.4 is 0 Å². The Hall–Kier alpha value is -1.49. The molecule has 0 unspecified atom stereocenters. The molecule has 0 amide bonds. The van der Waals surface area contributed by atoms with Crippen molar-refractivity contribution in [3.8, 4) is 0 Å². The van der Waals surface area contributed by atoms with Crippen molar-refractivity contribution in [1.82, 2.24) is 0 Å². The molecule has 88 valence electrons. The van der Waals surface area contributed by atoms with E-state index >= 15 is 0 Å². The molecule has 18 heavy (non-hydrogen) atoms. The van der Waals surface area contributed by atoms with Crippen LogP contribution in [0.4, 0.5) is 0 Å². The molecule has 2 aromatic carbocycles. The third-order valence-corrected chi connectivity index (χ3v) is 3.13.